The molecule has 0 heterocycles. The summed E-state index contributed by atoms with van der Waals surface area (Å²) >= 11 is 0. The molecule has 0 N–H and O–H groups in total. The van der Waals surface area contributed by atoms with Gasteiger partial charge in [0.1, 0.15) is 0 Å². The van der Waals surface area contributed by atoms with Crippen LogP contribution in [0.3, 0.4) is 0 Å². The molecule has 1 aromatic rings. The van der Waals surface area contributed by atoms with E-state index in [0.29, 0.717) is 0 Å². The van der Waals surface area contributed by atoms with Crippen molar-refractivity contribution in [1.82, 2.24) is 0 Å². The maximum atomic E-state index is 8.25. The Balaban J connectivity index is -0.000000106. The van der Waals surface area contributed by atoms with Gasteiger partial charge in [0.05, 0.1) is 0 Å². The molecule has 0 spiro atoms. The molecule has 0 amide bonds. The van der Waals surface area contributed by atoms with Gasteiger partial charge in [-0.3, -0.25) is 0 Å². The van der Waals surface area contributed by atoms with Gasteiger partial charge in [0.25, 0.3) is 0 Å². The van der Waals surface area contributed by atoms with Crippen LogP contribution in [-0.2, 0) is 21.7 Å². The van der Waals surface area contributed by atoms with Crippen LogP contribution < -0.4 is 15.3 Å². The molecule has 0 aliphatic rings. The predicted octanol–water partition coefficient (Wildman–Crippen LogP) is -0.125. The Morgan fingerprint density at radius 2 is 0.824 bits per heavy atom. The Labute approximate surface area is 121 Å². The van der Waals surface area contributed by atoms with Crippen LogP contribution in [0.1, 0.15) is 27.8 Å². The molecule has 98 valence electrons. The van der Waals surface area contributed by atoms with Gasteiger partial charge in [-0.25, -0.2) is 0 Å². The van der Waals surface area contributed by atoms with Gasteiger partial charge in [-0.05, 0) is 0 Å². The summed E-state index contributed by atoms with van der Waals surface area (Å²) in [4.78, 5) is 0. The van der Waals surface area contributed by atoms with Crippen molar-refractivity contribution >= 4 is 0 Å². The molecule has 0 aliphatic heterocycles. The Morgan fingerprint density at radius 3 is 0.882 bits per heavy atom. The van der Waals surface area contributed by atoms with E-state index in [1.807, 2.05) is 0 Å². The van der Waals surface area contributed by atoms with E-state index in [1.165, 1.54) is 27.8 Å². The molecular formula is C13H24O3Ti. The van der Waals surface area contributed by atoms with Crippen LogP contribution in [0.4, 0.5) is 0 Å². The first kappa shape index (κ1) is 25.7. The van der Waals surface area contributed by atoms with Crippen molar-refractivity contribution in [1.29, 1.82) is 0 Å². The van der Waals surface area contributed by atoms with Crippen LogP contribution in [0.5, 0.6) is 0 Å². The molecular weight excluding hydrogens is 252 g/mol. The predicted molar refractivity (Wildman–Crippen MR) is 63.5 cm³/mol. The summed E-state index contributed by atoms with van der Waals surface area (Å²) in [5.74, 6) is 0. The summed E-state index contributed by atoms with van der Waals surface area (Å²) in [5, 5.41) is 24.8. The van der Waals surface area contributed by atoms with Gasteiger partial charge in [0.2, 0.25) is 0 Å². The van der Waals surface area contributed by atoms with Crippen molar-refractivity contribution in [3.8, 4) is 0 Å². The molecule has 0 aliphatic carbocycles. The fraction of sp³-hybridized carbons (Fsp3) is 0.615. The number of hydrogen-bond donors (Lipinski definition) is 0. The third kappa shape index (κ3) is 7.79. The molecule has 17 heavy (non-hydrogen) atoms. The van der Waals surface area contributed by atoms with Crippen LogP contribution in [-0.4, -0.2) is 21.3 Å². The van der Waals surface area contributed by atoms with E-state index >= 15 is 0 Å². The second-order valence-corrected chi connectivity index (χ2v) is 3.12. The molecule has 0 fully saturated rings. The fourth-order valence-electron chi connectivity index (χ4n) is 1.41. The molecule has 0 atom stereocenters. The second kappa shape index (κ2) is 15.9. The molecule has 0 saturated heterocycles. The third-order valence-electron chi connectivity index (χ3n) is 2.81. The van der Waals surface area contributed by atoms with E-state index in [1.54, 1.807) is 0 Å². The van der Waals surface area contributed by atoms with Crippen molar-refractivity contribution in [2.75, 3.05) is 21.3 Å². The van der Waals surface area contributed by atoms with E-state index in [2.05, 4.69) is 34.6 Å². The van der Waals surface area contributed by atoms with Gasteiger partial charge < -0.3 is 15.3 Å². The first-order chi connectivity index (χ1) is 7.55. The molecule has 4 heteroatoms. The zero-order valence-corrected chi connectivity index (χ0v) is 13.8. The second-order valence-electron chi connectivity index (χ2n) is 3.12. The minimum atomic E-state index is 0. The summed E-state index contributed by atoms with van der Waals surface area (Å²) < 4.78 is 0. The standard InChI is InChI=1S/C10H15.3CH3O.Ti/c1-6-7(2)9(4)10(5)8(6)3;3*1-2;/h1-5H3;3*1H3;/q4*-1;+4. The summed E-state index contributed by atoms with van der Waals surface area (Å²) in [6.07, 6.45) is 0. The van der Waals surface area contributed by atoms with Crippen LogP contribution in [0.2, 0.25) is 0 Å². The van der Waals surface area contributed by atoms with Gasteiger partial charge in [0.15, 0.2) is 0 Å². The summed E-state index contributed by atoms with van der Waals surface area (Å²) in [6.45, 7) is 11.0. The van der Waals surface area contributed by atoms with Gasteiger partial charge in [-0.15, -0.1) is 0 Å². The van der Waals surface area contributed by atoms with E-state index in [4.69, 9.17) is 15.3 Å². The van der Waals surface area contributed by atoms with Crippen LogP contribution in [0.15, 0.2) is 0 Å². The average Bonchev–Trinajstić information content (AvgIpc) is 2.55. The van der Waals surface area contributed by atoms with Crippen LogP contribution >= 0.6 is 0 Å². The van der Waals surface area contributed by atoms with E-state index in [9.17, 15) is 0 Å². The third-order valence-corrected chi connectivity index (χ3v) is 2.81. The molecule has 0 aromatic heterocycles. The topological polar surface area (TPSA) is 69.2 Å². The van der Waals surface area contributed by atoms with E-state index in [-0.39, 0.29) is 21.7 Å². The summed E-state index contributed by atoms with van der Waals surface area (Å²) in [6, 6.07) is 0. The minimum Gasteiger partial charge on any atom is -0.857 e. The number of rotatable bonds is 0. The maximum absolute atomic E-state index is 8.25. The van der Waals surface area contributed by atoms with E-state index in [0.717, 1.165) is 21.3 Å². The Kier molecular flexibility index (Phi) is 24.1. The molecule has 0 saturated carbocycles. The Bertz CT molecular complexity index is 188. The van der Waals surface area contributed by atoms with Gasteiger partial charge in [0, 0.05) is 0 Å². The molecule has 0 bridgehead atoms. The molecule has 0 radical (unpaired) electrons. The van der Waals surface area contributed by atoms with E-state index < -0.39 is 0 Å². The van der Waals surface area contributed by atoms with Crippen molar-refractivity contribution in [2.45, 2.75) is 34.6 Å². The summed E-state index contributed by atoms with van der Waals surface area (Å²) in [7, 11) is 2.25. The fourth-order valence-corrected chi connectivity index (χ4v) is 1.41. The van der Waals surface area contributed by atoms with Crippen molar-refractivity contribution < 1.29 is 37.0 Å². The van der Waals surface area contributed by atoms with Crippen molar-refractivity contribution in [2.24, 2.45) is 0 Å². The SMILES string of the molecule is C[O-].C[O-].C[O-].Cc1c(C)c(C)[c-](C)c1C.[Ti+4]. The monoisotopic (exact) mass is 276 g/mol. The first-order valence-electron chi connectivity index (χ1n) is 4.97. The minimum absolute atomic E-state index is 0. The van der Waals surface area contributed by atoms with Crippen LogP contribution in [0, 0.1) is 34.6 Å². The molecule has 1 rings (SSSR count). The summed E-state index contributed by atoms with van der Waals surface area (Å²) in [5.41, 5.74) is 7.34. The zero-order valence-electron chi connectivity index (χ0n) is 12.2. The normalized spacial score (nSPS) is 7.24. The molecule has 0 unspecified atom stereocenters. The Morgan fingerprint density at radius 1 is 0.647 bits per heavy atom. The van der Waals surface area contributed by atoms with Gasteiger partial charge >= 0.3 is 21.7 Å². The smallest absolute Gasteiger partial charge is 0.857 e. The first-order valence-corrected chi connectivity index (χ1v) is 4.97. The largest absolute Gasteiger partial charge is 4.00 e. The van der Waals surface area contributed by atoms with Crippen LogP contribution in [0.25, 0.3) is 0 Å². The van der Waals surface area contributed by atoms with Crippen molar-refractivity contribution in [3.05, 3.63) is 27.8 Å². The maximum Gasteiger partial charge on any atom is 4.00 e. The molecule has 3 nitrogen and oxygen atoms in total. The quantitative estimate of drug-likeness (QED) is 0.490. The van der Waals surface area contributed by atoms with Gasteiger partial charge in [-0.2, -0.15) is 49.1 Å². The van der Waals surface area contributed by atoms with Crippen molar-refractivity contribution in [3.63, 3.8) is 0 Å². The Hall–Kier alpha value is -0.0557. The zero-order chi connectivity index (χ0) is 13.9. The molecule has 1 aromatic carbocycles. The average molecular weight is 276 g/mol. The number of hydrogen-bond acceptors (Lipinski definition) is 3. The van der Waals surface area contributed by atoms with Gasteiger partial charge in [-0.1, -0.05) is 34.6 Å².